The first-order valence-electron chi connectivity index (χ1n) is 9.68. The van der Waals surface area contributed by atoms with Crippen molar-refractivity contribution in [2.75, 3.05) is 20.8 Å². The summed E-state index contributed by atoms with van der Waals surface area (Å²) in [7, 11) is -1.30. The maximum absolute atomic E-state index is 12.6. The predicted octanol–water partition coefficient (Wildman–Crippen LogP) is 3.29. The second-order valence-electron chi connectivity index (χ2n) is 6.51. The summed E-state index contributed by atoms with van der Waals surface area (Å²) in [6.45, 7) is 2.77. The van der Waals surface area contributed by atoms with Crippen molar-refractivity contribution >= 4 is 15.9 Å². The first-order chi connectivity index (χ1) is 14.4. The van der Waals surface area contributed by atoms with Gasteiger partial charge in [-0.2, -0.15) is 0 Å². The lowest BCUT2D eigenvalue weighted by atomic mass is 10.2. The molecule has 9 heteroatoms. The highest BCUT2D eigenvalue weighted by Crippen LogP contribution is 2.27. The summed E-state index contributed by atoms with van der Waals surface area (Å²) >= 11 is 0. The molecule has 2 rings (SSSR count). The van der Waals surface area contributed by atoms with Gasteiger partial charge in [-0.1, -0.05) is 26.2 Å². The van der Waals surface area contributed by atoms with Crippen molar-refractivity contribution in [1.29, 1.82) is 0 Å². The van der Waals surface area contributed by atoms with Crippen LogP contribution in [0.2, 0.25) is 0 Å². The van der Waals surface area contributed by atoms with E-state index < -0.39 is 15.9 Å². The summed E-state index contributed by atoms with van der Waals surface area (Å²) in [4.78, 5) is 14.2. The molecule has 0 aromatic heterocycles. The van der Waals surface area contributed by atoms with Gasteiger partial charge in [-0.05, 0) is 42.8 Å². The summed E-state index contributed by atoms with van der Waals surface area (Å²) in [5, 5.41) is 0. The van der Waals surface area contributed by atoms with Gasteiger partial charge in [0.05, 0.1) is 20.8 Å². The van der Waals surface area contributed by atoms with Gasteiger partial charge < -0.3 is 14.2 Å². The Hall–Kier alpha value is -2.78. The van der Waals surface area contributed by atoms with Gasteiger partial charge in [-0.25, -0.2) is 8.42 Å². The van der Waals surface area contributed by atoms with Crippen molar-refractivity contribution in [3.8, 4) is 17.2 Å². The van der Waals surface area contributed by atoms with Gasteiger partial charge in [-0.15, -0.1) is 4.83 Å². The number of hydrazine groups is 1. The van der Waals surface area contributed by atoms with E-state index in [1.165, 1.54) is 32.8 Å². The van der Waals surface area contributed by atoms with Crippen LogP contribution < -0.4 is 24.5 Å². The molecule has 30 heavy (non-hydrogen) atoms. The SMILES string of the molecule is CCCCCCOc1ccc(C(=O)NNS(=O)(=O)c2cc(OC)ccc2OC)cc1. The summed E-state index contributed by atoms with van der Waals surface area (Å²) in [5.74, 6) is 0.519. The van der Waals surface area contributed by atoms with E-state index in [9.17, 15) is 13.2 Å². The van der Waals surface area contributed by atoms with Crippen molar-refractivity contribution in [3.63, 3.8) is 0 Å². The molecule has 0 bridgehead atoms. The number of methoxy groups -OCH3 is 2. The molecule has 0 fully saturated rings. The van der Waals surface area contributed by atoms with Crippen LogP contribution in [-0.4, -0.2) is 35.2 Å². The molecule has 0 heterocycles. The zero-order valence-corrected chi connectivity index (χ0v) is 18.3. The van der Waals surface area contributed by atoms with Crippen LogP contribution in [0.25, 0.3) is 0 Å². The van der Waals surface area contributed by atoms with E-state index in [0.29, 0.717) is 18.1 Å². The lowest BCUT2D eigenvalue weighted by Crippen LogP contribution is -2.41. The first-order valence-corrected chi connectivity index (χ1v) is 11.2. The Labute approximate surface area is 177 Å². The number of nitrogens with one attached hydrogen (secondary N) is 2. The fraction of sp³-hybridized carbons (Fsp3) is 0.381. The minimum atomic E-state index is -4.08. The van der Waals surface area contributed by atoms with Gasteiger partial charge in [-0.3, -0.25) is 10.2 Å². The average molecular weight is 437 g/mol. The quantitative estimate of drug-likeness (QED) is 0.391. The summed E-state index contributed by atoms with van der Waals surface area (Å²) in [6.07, 6.45) is 4.44. The van der Waals surface area contributed by atoms with Crippen LogP contribution in [0, 0.1) is 0 Å². The Morgan fingerprint density at radius 3 is 2.27 bits per heavy atom. The van der Waals surface area contributed by atoms with E-state index >= 15 is 0 Å². The number of hydrogen-bond acceptors (Lipinski definition) is 6. The summed E-state index contributed by atoms with van der Waals surface area (Å²) < 4.78 is 40.9. The Morgan fingerprint density at radius 2 is 1.63 bits per heavy atom. The molecule has 2 aromatic carbocycles. The molecule has 164 valence electrons. The molecule has 0 saturated carbocycles. The molecule has 0 aliphatic rings. The van der Waals surface area contributed by atoms with Crippen LogP contribution in [-0.2, 0) is 10.0 Å². The monoisotopic (exact) mass is 436 g/mol. The van der Waals surface area contributed by atoms with Crippen LogP contribution in [0.3, 0.4) is 0 Å². The Morgan fingerprint density at radius 1 is 0.933 bits per heavy atom. The third-order valence-corrected chi connectivity index (χ3v) is 5.61. The van der Waals surface area contributed by atoms with Crippen LogP contribution in [0.1, 0.15) is 43.0 Å². The average Bonchev–Trinajstić information content (AvgIpc) is 2.77. The normalized spacial score (nSPS) is 11.0. The van der Waals surface area contributed by atoms with Crippen LogP contribution in [0.5, 0.6) is 17.2 Å². The summed E-state index contributed by atoms with van der Waals surface area (Å²) in [5.41, 5.74) is 2.48. The number of benzene rings is 2. The highest BCUT2D eigenvalue weighted by molar-refractivity contribution is 7.89. The molecule has 0 saturated heterocycles. The molecule has 8 nitrogen and oxygen atoms in total. The molecule has 0 unspecified atom stereocenters. The minimum Gasteiger partial charge on any atom is -0.497 e. The van der Waals surface area contributed by atoms with Gasteiger partial charge in [0.1, 0.15) is 22.1 Å². The molecular weight excluding hydrogens is 408 g/mol. The van der Waals surface area contributed by atoms with Gasteiger partial charge in [0, 0.05) is 11.6 Å². The van der Waals surface area contributed by atoms with Gasteiger partial charge in [0.25, 0.3) is 15.9 Å². The second-order valence-corrected chi connectivity index (χ2v) is 8.16. The maximum atomic E-state index is 12.6. The number of carbonyl (C=O) groups excluding carboxylic acids is 1. The fourth-order valence-electron chi connectivity index (χ4n) is 2.66. The highest BCUT2D eigenvalue weighted by atomic mass is 32.2. The standard InChI is InChI=1S/C21H28N2O6S/c1-4-5-6-7-14-29-17-10-8-16(9-11-17)21(24)22-23-30(25,26)20-15-18(27-2)12-13-19(20)28-3/h8-13,15,23H,4-7,14H2,1-3H3,(H,22,24). The van der Waals surface area contributed by atoms with Crippen molar-refractivity contribution in [2.45, 2.75) is 37.5 Å². The molecule has 2 aromatic rings. The summed E-state index contributed by atoms with van der Waals surface area (Å²) in [6, 6.07) is 10.8. The molecule has 1 amide bonds. The van der Waals surface area contributed by atoms with Crippen molar-refractivity contribution < 1.29 is 27.4 Å². The molecule has 0 spiro atoms. The first kappa shape index (κ1) is 23.5. The molecule has 0 aliphatic heterocycles. The fourth-order valence-corrected chi connectivity index (χ4v) is 3.68. The zero-order valence-electron chi connectivity index (χ0n) is 17.4. The van der Waals surface area contributed by atoms with E-state index in [1.54, 1.807) is 30.3 Å². The molecule has 0 atom stereocenters. The minimum absolute atomic E-state index is 0.123. The largest absolute Gasteiger partial charge is 0.497 e. The smallest absolute Gasteiger partial charge is 0.266 e. The van der Waals surface area contributed by atoms with E-state index in [1.807, 2.05) is 0 Å². The van der Waals surface area contributed by atoms with Crippen molar-refractivity contribution in [1.82, 2.24) is 10.3 Å². The van der Waals surface area contributed by atoms with E-state index in [-0.39, 0.29) is 16.2 Å². The second kappa shape index (κ2) is 11.4. The lowest BCUT2D eigenvalue weighted by molar-refractivity contribution is 0.0945. The van der Waals surface area contributed by atoms with Gasteiger partial charge >= 0.3 is 0 Å². The molecular formula is C21H28N2O6S. The topological polar surface area (TPSA) is 103 Å². The number of carbonyl (C=O) groups is 1. The van der Waals surface area contributed by atoms with E-state index in [0.717, 1.165) is 19.3 Å². The highest BCUT2D eigenvalue weighted by Gasteiger charge is 2.21. The van der Waals surface area contributed by atoms with Crippen LogP contribution >= 0.6 is 0 Å². The third kappa shape index (κ3) is 6.64. The van der Waals surface area contributed by atoms with E-state index in [4.69, 9.17) is 14.2 Å². The number of ether oxygens (including phenoxy) is 3. The van der Waals surface area contributed by atoms with Crippen LogP contribution in [0.4, 0.5) is 0 Å². The number of unbranched alkanes of at least 4 members (excludes halogenated alkanes) is 3. The third-order valence-electron chi connectivity index (χ3n) is 4.34. The van der Waals surface area contributed by atoms with E-state index in [2.05, 4.69) is 17.2 Å². The Balaban J connectivity index is 1.96. The molecule has 0 radical (unpaired) electrons. The molecule has 0 aliphatic carbocycles. The van der Waals surface area contributed by atoms with Gasteiger partial charge in [0.15, 0.2) is 0 Å². The molecule has 2 N–H and O–H groups in total. The van der Waals surface area contributed by atoms with Crippen LogP contribution in [0.15, 0.2) is 47.4 Å². The Bertz CT molecular complexity index is 929. The predicted molar refractivity (Wildman–Crippen MR) is 113 cm³/mol. The maximum Gasteiger partial charge on any atom is 0.266 e. The van der Waals surface area contributed by atoms with Crippen molar-refractivity contribution in [3.05, 3.63) is 48.0 Å². The number of rotatable bonds is 12. The number of hydrogen-bond donors (Lipinski definition) is 2. The van der Waals surface area contributed by atoms with Gasteiger partial charge in [0.2, 0.25) is 0 Å². The van der Waals surface area contributed by atoms with Crippen molar-refractivity contribution in [2.24, 2.45) is 0 Å². The lowest BCUT2D eigenvalue weighted by Gasteiger charge is -2.13. The number of amides is 1. The number of sulfonamides is 1. The zero-order chi connectivity index (χ0) is 22.0. The Kier molecular flexibility index (Phi) is 8.94.